The Bertz CT molecular complexity index is 980. The molecule has 1 fully saturated rings. The maximum absolute atomic E-state index is 12.9. The predicted octanol–water partition coefficient (Wildman–Crippen LogP) is 5.07. The van der Waals surface area contributed by atoms with E-state index in [-0.39, 0.29) is 11.7 Å². The quantitative estimate of drug-likeness (QED) is 0.336. The molecule has 9 heteroatoms. The van der Waals surface area contributed by atoms with Gasteiger partial charge in [0.25, 0.3) is 5.91 Å². The largest absolute Gasteiger partial charge is 0.504 e. The van der Waals surface area contributed by atoms with Crippen molar-refractivity contribution >= 4 is 80.2 Å². The highest BCUT2D eigenvalue weighted by Crippen LogP contribution is 2.39. The fourth-order valence-corrected chi connectivity index (χ4v) is 4.65. The summed E-state index contributed by atoms with van der Waals surface area (Å²) in [6.07, 6.45) is 1.72. The van der Waals surface area contributed by atoms with Crippen molar-refractivity contribution in [3.63, 3.8) is 0 Å². The summed E-state index contributed by atoms with van der Waals surface area (Å²) in [7, 11) is 3.00. The second-order valence-electron chi connectivity index (χ2n) is 5.39. The van der Waals surface area contributed by atoms with Crippen LogP contribution in [0.2, 0.25) is 5.02 Å². The van der Waals surface area contributed by atoms with Crippen LogP contribution in [-0.2, 0) is 4.79 Å². The number of phenolic OH excluding ortho intramolecular Hbond substituents is 1. The number of hydrogen-bond donors (Lipinski definition) is 1. The molecule has 0 atom stereocenters. The Kier molecular flexibility index (Phi) is 6.19. The van der Waals surface area contributed by atoms with Gasteiger partial charge in [-0.15, -0.1) is 0 Å². The third-order valence-corrected chi connectivity index (χ3v) is 6.18. The van der Waals surface area contributed by atoms with Crippen LogP contribution >= 0.6 is 58.2 Å². The van der Waals surface area contributed by atoms with Gasteiger partial charge in [0.15, 0.2) is 15.8 Å². The van der Waals surface area contributed by atoms with E-state index in [4.69, 9.17) is 33.3 Å². The predicted molar refractivity (Wildman–Crippen MR) is 121 cm³/mol. The maximum atomic E-state index is 12.9. The Morgan fingerprint density at radius 2 is 1.93 bits per heavy atom. The van der Waals surface area contributed by atoms with Crippen molar-refractivity contribution in [2.45, 2.75) is 0 Å². The number of nitrogens with zero attached hydrogens (tertiary/aromatic N) is 1. The van der Waals surface area contributed by atoms with E-state index in [1.54, 1.807) is 36.4 Å². The topological polar surface area (TPSA) is 59.0 Å². The number of hydrogen-bond acceptors (Lipinski definition) is 6. The van der Waals surface area contributed by atoms with Gasteiger partial charge in [-0.25, -0.2) is 0 Å². The zero-order valence-electron chi connectivity index (χ0n) is 14.2. The molecule has 1 heterocycles. The Morgan fingerprint density at radius 3 is 2.56 bits per heavy atom. The fraction of sp³-hybridized carbons (Fsp3) is 0.111. The minimum Gasteiger partial charge on any atom is -0.504 e. The molecule has 0 unspecified atom stereocenters. The Balaban J connectivity index is 1.96. The Hall–Kier alpha value is -1.49. The van der Waals surface area contributed by atoms with Gasteiger partial charge in [-0.1, -0.05) is 35.6 Å². The summed E-state index contributed by atoms with van der Waals surface area (Å²) in [5.41, 5.74) is 1.30. The minimum atomic E-state index is -0.242. The number of thioether (sulfide) groups is 1. The van der Waals surface area contributed by atoms with E-state index in [2.05, 4.69) is 0 Å². The number of anilines is 1. The lowest BCUT2D eigenvalue weighted by Crippen LogP contribution is -2.27. The molecule has 27 heavy (non-hydrogen) atoms. The van der Waals surface area contributed by atoms with Crippen LogP contribution in [0.15, 0.2) is 35.2 Å². The second-order valence-corrected chi connectivity index (χ2v) is 8.63. The van der Waals surface area contributed by atoms with Crippen molar-refractivity contribution in [2.75, 3.05) is 19.1 Å². The van der Waals surface area contributed by atoms with E-state index in [9.17, 15) is 9.90 Å². The molecule has 0 spiro atoms. The number of methoxy groups -OCH3 is 2. The van der Waals surface area contributed by atoms with E-state index in [1.807, 2.05) is 22.6 Å². The Morgan fingerprint density at radius 1 is 1.22 bits per heavy atom. The number of aromatic hydroxyl groups is 1. The molecule has 0 radical (unpaired) electrons. The fourth-order valence-electron chi connectivity index (χ4n) is 2.47. The molecular formula is C18H13ClINO4S2. The summed E-state index contributed by atoms with van der Waals surface area (Å²) in [4.78, 5) is 14.8. The molecule has 0 aliphatic carbocycles. The normalized spacial score (nSPS) is 15.6. The summed E-state index contributed by atoms with van der Waals surface area (Å²) in [6, 6.07) is 8.47. The summed E-state index contributed by atoms with van der Waals surface area (Å²) in [5, 5.41) is 10.4. The maximum Gasteiger partial charge on any atom is 0.270 e. The molecule has 0 bridgehead atoms. The molecule has 140 valence electrons. The zero-order chi connectivity index (χ0) is 19.7. The highest BCUT2D eigenvalue weighted by Gasteiger charge is 2.33. The average Bonchev–Trinajstić information content (AvgIpc) is 2.91. The first-order chi connectivity index (χ1) is 12.8. The van der Waals surface area contributed by atoms with Gasteiger partial charge in [-0.05, 0) is 64.6 Å². The van der Waals surface area contributed by atoms with E-state index in [1.165, 1.54) is 30.9 Å². The lowest BCUT2D eigenvalue weighted by Gasteiger charge is -2.15. The first-order valence-corrected chi connectivity index (χ1v) is 10.2. The molecule has 0 aromatic heterocycles. The molecule has 3 rings (SSSR count). The van der Waals surface area contributed by atoms with Crippen LogP contribution in [0.3, 0.4) is 0 Å². The number of amides is 1. The van der Waals surface area contributed by atoms with E-state index in [0.717, 1.165) is 5.56 Å². The smallest absolute Gasteiger partial charge is 0.270 e. The molecular weight excluding hydrogens is 521 g/mol. The van der Waals surface area contributed by atoms with Crippen molar-refractivity contribution in [1.29, 1.82) is 0 Å². The molecule has 1 aliphatic rings. The first kappa shape index (κ1) is 20.2. The lowest BCUT2D eigenvalue weighted by atomic mass is 10.2. The Labute approximate surface area is 184 Å². The molecule has 1 saturated heterocycles. The zero-order valence-corrected chi connectivity index (χ0v) is 18.7. The van der Waals surface area contributed by atoms with Crippen LogP contribution in [0.1, 0.15) is 5.56 Å². The SMILES string of the molecule is COc1ccc(N2C(=O)/C(=C\c3cc(I)c(O)c(OC)c3)SC2=S)cc1Cl. The van der Waals surface area contributed by atoms with Gasteiger partial charge < -0.3 is 14.6 Å². The van der Waals surface area contributed by atoms with Crippen LogP contribution < -0.4 is 14.4 Å². The highest BCUT2D eigenvalue weighted by molar-refractivity contribution is 14.1. The number of carbonyl (C=O) groups is 1. The third kappa shape index (κ3) is 4.03. The highest BCUT2D eigenvalue weighted by atomic mass is 127. The van der Waals surface area contributed by atoms with Gasteiger partial charge in [-0.3, -0.25) is 9.69 Å². The number of carbonyl (C=O) groups excluding carboxylic acids is 1. The summed E-state index contributed by atoms with van der Waals surface area (Å²) in [6.45, 7) is 0. The van der Waals surface area contributed by atoms with Gasteiger partial charge >= 0.3 is 0 Å². The minimum absolute atomic E-state index is 0.0654. The van der Waals surface area contributed by atoms with E-state index < -0.39 is 0 Å². The molecule has 1 amide bonds. The molecule has 0 saturated carbocycles. The van der Waals surface area contributed by atoms with Crippen LogP contribution in [0, 0.1) is 3.57 Å². The molecule has 1 aliphatic heterocycles. The summed E-state index contributed by atoms with van der Waals surface area (Å²) < 4.78 is 11.3. The van der Waals surface area contributed by atoms with Crippen LogP contribution in [0.4, 0.5) is 5.69 Å². The van der Waals surface area contributed by atoms with Crippen molar-refractivity contribution in [2.24, 2.45) is 0 Å². The van der Waals surface area contributed by atoms with Crippen LogP contribution in [-0.4, -0.2) is 29.6 Å². The molecule has 1 N–H and O–H groups in total. The van der Waals surface area contributed by atoms with Crippen LogP contribution in [0.5, 0.6) is 17.2 Å². The number of rotatable bonds is 4. The number of halogens is 2. The second kappa shape index (κ2) is 8.26. The van der Waals surface area contributed by atoms with Gasteiger partial charge in [0.2, 0.25) is 0 Å². The standard InChI is InChI=1S/C18H13ClINO4S2/c1-24-13-4-3-10(8-11(13)19)21-17(23)15(27-18(21)26)7-9-5-12(20)16(22)14(6-9)25-2/h3-8,22H,1-2H3/b15-7+. The molecule has 2 aromatic carbocycles. The lowest BCUT2D eigenvalue weighted by molar-refractivity contribution is -0.113. The van der Waals surface area contributed by atoms with Crippen molar-refractivity contribution in [1.82, 2.24) is 0 Å². The number of benzene rings is 2. The monoisotopic (exact) mass is 533 g/mol. The first-order valence-electron chi connectivity index (χ1n) is 7.53. The number of phenols is 1. The summed E-state index contributed by atoms with van der Waals surface area (Å²) >= 11 is 14.8. The van der Waals surface area contributed by atoms with Crippen molar-refractivity contribution < 1.29 is 19.4 Å². The van der Waals surface area contributed by atoms with Crippen molar-refractivity contribution in [3.8, 4) is 17.2 Å². The number of thiocarbonyl (C=S) groups is 1. The van der Waals surface area contributed by atoms with Gasteiger partial charge in [0, 0.05) is 0 Å². The third-order valence-electron chi connectivity index (χ3n) is 3.76. The van der Waals surface area contributed by atoms with E-state index >= 15 is 0 Å². The van der Waals surface area contributed by atoms with E-state index in [0.29, 0.717) is 35.0 Å². The summed E-state index contributed by atoms with van der Waals surface area (Å²) in [5.74, 6) is 0.682. The van der Waals surface area contributed by atoms with Gasteiger partial charge in [0.05, 0.1) is 33.4 Å². The van der Waals surface area contributed by atoms with Crippen LogP contribution in [0.25, 0.3) is 6.08 Å². The average molecular weight is 534 g/mol. The number of ether oxygens (including phenoxy) is 2. The van der Waals surface area contributed by atoms with Gasteiger partial charge in [0.1, 0.15) is 5.75 Å². The molecule has 5 nitrogen and oxygen atoms in total. The van der Waals surface area contributed by atoms with Gasteiger partial charge in [-0.2, -0.15) is 0 Å². The van der Waals surface area contributed by atoms with Crippen molar-refractivity contribution in [3.05, 3.63) is 49.4 Å². The molecule has 2 aromatic rings.